The molecule has 0 saturated heterocycles. The van der Waals surface area contributed by atoms with Crippen molar-refractivity contribution in [3.63, 3.8) is 0 Å². The van der Waals surface area contributed by atoms with Crippen LogP contribution in [0.25, 0.3) is 0 Å². The fourth-order valence-electron chi connectivity index (χ4n) is 2.28. The van der Waals surface area contributed by atoms with Crippen molar-refractivity contribution in [2.24, 2.45) is 5.92 Å². The van der Waals surface area contributed by atoms with Crippen LogP contribution in [0.2, 0.25) is 0 Å². The van der Waals surface area contributed by atoms with Gasteiger partial charge in [0.2, 0.25) is 6.79 Å². The Kier molecular flexibility index (Phi) is 5.05. The van der Waals surface area contributed by atoms with Crippen LogP contribution in [0.5, 0.6) is 11.5 Å². The normalized spacial score (nSPS) is 16.4. The summed E-state index contributed by atoms with van der Waals surface area (Å²) in [5.41, 5.74) is 1.20. The first kappa shape index (κ1) is 14.2. The van der Waals surface area contributed by atoms with Gasteiger partial charge in [-0.15, -0.1) is 0 Å². The van der Waals surface area contributed by atoms with Gasteiger partial charge in [-0.05, 0) is 43.5 Å². The molecule has 4 nitrogen and oxygen atoms in total. The Morgan fingerprint density at radius 1 is 1.32 bits per heavy atom. The summed E-state index contributed by atoms with van der Waals surface area (Å²) in [6.07, 6.45) is 1.94. The van der Waals surface area contributed by atoms with Gasteiger partial charge in [0.1, 0.15) is 0 Å². The largest absolute Gasteiger partial charge is 0.454 e. The molecule has 1 aliphatic rings. The molecule has 0 radical (unpaired) electrons. The van der Waals surface area contributed by atoms with Crippen molar-refractivity contribution < 1.29 is 14.6 Å². The third kappa shape index (κ3) is 3.61. The minimum Gasteiger partial charge on any atom is -0.454 e. The molecule has 0 amide bonds. The lowest BCUT2D eigenvalue weighted by molar-refractivity contribution is 0.174. The van der Waals surface area contributed by atoms with Gasteiger partial charge >= 0.3 is 0 Å². The van der Waals surface area contributed by atoms with Crippen molar-refractivity contribution in [2.75, 3.05) is 19.9 Å². The molecule has 106 valence electrons. The van der Waals surface area contributed by atoms with Gasteiger partial charge in [0.05, 0.1) is 0 Å². The molecule has 2 unspecified atom stereocenters. The smallest absolute Gasteiger partial charge is 0.231 e. The number of hydrogen-bond acceptors (Lipinski definition) is 4. The van der Waals surface area contributed by atoms with Crippen LogP contribution in [-0.2, 0) is 0 Å². The average Bonchev–Trinajstić information content (AvgIpc) is 2.90. The maximum Gasteiger partial charge on any atom is 0.231 e. The van der Waals surface area contributed by atoms with Crippen molar-refractivity contribution in [3.8, 4) is 11.5 Å². The maximum absolute atomic E-state index is 9.00. The van der Waals surface area contributed by atoms with Gasteiger partial charge in [-0.1, -0.05) is 19.4 Å². The van der Waals surface area contributed by atoms with E-state index in [1.165, 1.54) is 5.56 Å². The van der Waals surface area contributed by atoms with Crippen LogP contribution in [0.3, 0.4) is 0 Å². The third-order valence-corrected chi connectivity index (χ3v) is 3.72. The highest BCUT2D eigenvalue weighted by molar-refractivity contribution is 5.45. The quantitative estimate of drug-likeness (QED) is 0.795. The van der Waals surface area contributed by atoms with Crippen LogP contribution < -0.4 is 14.8 Å². The standard InChI is InChI=1S/C15H23NO3/c1-3-12(6-7-17)9-16-11(2)13-4-5-14-15(8-13)19-10-18-14/h4-5,8,11-12,16-17H,3,6-7,9-10H2,1-2H3. The highest BCUT2D eigenvalue weighted by Crippen LogP contribution is 2.34. The number of rotatable bonds is 7. The molecule has 1 heterocycles. The van der Waals surface area contributed by atoms with Crippen molar-refractivity contribution >= 4 is 0 Å². The van der Waals surface area contributed by atoms with E-state index in [4.69, 9.17) is 14.6 Å². The molecule has 1 aromatic carbocycles. The Morgan fingerprint density at radius 2 is 2.11 bits per heavy atom. The summed E-state index contributed by atoms with van der Waals surface area (Å²) in [6.45, 7) is 5.80. The SMILES string of the molecule is CCC(CCO)CNC(C)c1ccc2c(c1)OCO2. The van der Waals surface area contributed by atoms with Crippen LogP contribution in [0.1, 0.15) is 38.3 Å². The van der Waals surface area contributed by atoms with Crippen molar-refractivity contribution in [1.82, 2.24) is 5.32 Å². The lowest BCUT2D eigenvalue weighted by Gasteiger charge is -2.19. The fourth-order valence-corrected chi connectivity index (χ4v) is 2.28. The van der Waals surface area contributed by atoms with Crippen LogP contribution in [0, 0.1) is 5.92 Å². The second-order valence-corrected chi connectivity index (χ2v) is 5.03. The van der Waals surface area contributed by atoms with Crippen molar-refractivity contribution in [1.29, 1.82) is 0 Å². The van der Waals surface area contributed by atoms with E-state index >= 15 is 0 Å². The zero-order valence-corrected chi connectivity index (χ0v) is 11.7. The Morgan fingerprint density at radius 3 is 2.84 bits per heavy atom. The number of aliphatic hydroxyl groups is 1. The van der Waals surface area contributed by atoms with Crippen LogP contribution in [0.15, 0.2) is 18.2 Å². The molecular weight excluding hydrogens is 242 g/mol. The monoisotopic (exact) mass is 265 g/mol. The number of hydrogen-bond donors (Lipinski definition) is 2. The Balaban J connectivity index is 1.90. The van der Waals surface area contributed by atoms with Gasteiger partial charge in [0.15, 0.2) is 11.5 Å². The van der Waals surface area contributed by atoms with E-state index < -0.39 is 0 Å². The van der Waals surface area contributed by atoms with Crippen LogP contribution >= 0.6 is 0 Å². The molecule has 1 aromatic rings. The molecule has 4 heteroatoms. The summed E-state index contributed by atoms with van der Waals surface area (Å²) in [7, 11) is 0. The van der Waals surface area contributed by atoms with Gasteiger partial charge in [0.25, 0.3) is 0 Å². The van der Waals surface area contributed by atoms with Gasteiger partial charge in [0, 0.05) is 12.6 Å². The van der Waals surface area contributed by atoms with Gasteiger partial charge in [-0.25, -0.2) is 0 Å². The topological polar surface area (TPSA) is 50.7 Å². The third-order valence-electron chi connectivity index (χ3n) is 3.72. The number of ether oxygens (including phenoxy) is 2. The van der Waals surface area contributed by atoms with Crippen molar-refractivity contribution in [3.05, 3.63) is 23.8 Å². The molecule has 2 N–H and O–H groups in total. The highest BCUT2D eigenvalue weighted by Gasteiger charge is 2.16. The molecule has 0 aliphatic carbocycles. The van der Waals surface area contributed by atoms with E-state index in [1.54, 1.807) is 0 Å². The minimum atomic E-state index is 0.262. The molecule has 0 saturated carbocycles. The minimum absolute atomic E-state index is 0.262. The molecule has 19 heavy (non-hydrogen) atoms. The van der Waals surface area contributed by atoms with E-state index in [1.807, 2.05) is 12.1 Å². The molecule has 0 fully saturated rings. The summed E-state index contributed by atoms with van der Waals surface area (Å²) in [6, 6.07) is 6.33. The Bertz CT molecular complexity index is 408. The first-order valence-corrected chi connectivity index (χ1v) is 6.98. The fraction of sp³-hybridized carbons (Fsp3) is 0.600. The van der Waals surface area contributed by atoms with Gasteiger partial charge < -0.3 is 19.9 Å². The molecule has 0 bridgehead atoms. The lowest BCUT2D eigenvalue weighted by Crippen LogP contribution is -2.26. The van der Waals surface area contributed by atoms with Crippen molar-refractivity contribution in [2.45, 2.75) is 32.7 Å². The molecular formula is C15H23NO3. The molecule has 0 spiro atoms. The van der Waals surface area contributed by atoms with E-state index in [2.05, 4.69) is 25.2 Å². The maximum atomic E-state index is 9.00. The van der Waals surface area contributed by atoms with Crippen LogP contribution in [0.4, 0.5) is 0 Å². The molecule has 1 aliphatic heterocycles. The zero-order valence-electron chi connectivity index (χ0n) is 11.7. The van der Waals surface area contributed by atoms with E-state index in [-0.39, 0.29) is 12.6 Å². The summed E-state index contributed by atoms with van der Waals surface area (Å²) < 4.78 is 10.7. The predicted molar refractivity (Wildman–Crippen MR) is 74.5 cm³/mol. The summed E-state index contributed by atoms with van der Waals surface area (Å²) in [4.78, 5) is 0. The second kappa shape index (κ2) is 6.78. The van der Waals surface area contributed by atoms with Crippen LogP contribution in [-0.4, -0.2) is 25.1 Å². The summed E-state index contributed by atoms with van der Waals surface area (Å²) in [5.74, 6) is 2.18. The second-order valence-electron chi connectivity index (χ2n) is 5.03. The van der Waals surface area contributed by atoms with E-state index in [9.17, 15) is 0 Å². The number of nitrogens with one attached hydrogen (secondary N) is 1. The highest BCUT2D eigenvalue weighted by atomic mass is 16.7. The predicted octanol–water partition coefficient (Wildman–Crippen LogP) is 2.47. The molecule has 2 atom stereocenters. The molecule has 0 aromatic heterocycles. The van der Waals surface area contributed by atoms with Gasteiger partial charge in [-0.2, -0.15) is 0 Å². The van der Waals surface area contributed by atoms with Gasteiger partial charge in [-0.3, -0.25) is 0 Å². The first-order valence-electron chi connectivity index (χ1n) is 6.98. The number of aliphatic hydroxyl groups excluding tert-OH is 1. The summed E-state index contributed by atoms with van der Waals surface area (Å²) >= 11 is 0. The number of fused-ring (bicyclic) bond motifs is 1. The zero-order chi connectivity index (χ0) is 13.7. The van der Waals surface area contributed by atoms with E-state index in [0.29, 0.717) is 12.7 Å². The average molecular weight is 265 g/mol. The Hall–Kier alpha value is -1.26. The lowest BCUT2D eigenvalue weighted by atomic mass is 10.0. The summed E-state index contributed by atoms with van der Waals surface area (Å²) in [5, 5.41) is 12.5. The first-order chi connectivity index (χ1) is 9.24. The Labute approximate surface area is 114 Å². The van der Waals surface area contributed by atoms with E-state index in [0.717, 1.165) is 30.9 Å². The number of benzene rings is 1. The molecule has 2 rings (SSSR count).